The van der Waals surface area contributed by atoms with E-state index in [4.69, 9.17) is 11.6 Å². The smallest absolute Gasteiger partial charge is 0.129 e. The van der Waals surface area contributed by atoms with Crippen LogP contribution >= 0.6 is 22.9 Å². The van der Waals surface area contributed by atoms with Crippen molar-refractivity contribution in [2.75, 3.05) is 7.05 Å². The van der Waals surface area contributed by atoms with E-state index in [0.29, 0.717) is 12.0 Å². The maximum Gasteiger partial charge on any atom is 0.129 e. The molecular formula is C14H14ClF2NS. The van der Waals surface area contributed by atoms with Crippen molar-refractivity contribution >= 4 is 22.9 Å². The Balaban J connectivity index is 2.06. The summed E-state index contributed by atoms with van der Waals surface area (Å²) in [6.07, 6.45) is 1.28. The van der Waals surface area contributed by atoms with Crippen LogP contribution in [0.4, 0.5) is 8.78 Å². The van der Waals surface area contributed by atoms with Gasteiger partial charge in [-0.2, -0.15) is 0 Å². The molecule has 5 heteroatoms. The molecule has 2 rings (SSSR count). The first kappa shape index (κ1) is 14.4. The molecule has 1 heterocycles. The highest BCUT2D eigenvalue weighted by molar-refractivity contribution is 7.16. The van der Waals surface area contributed by atoms with Gasteiger partial charge >= 0.3 is 0 Å². The minimum absolute atomic E-state index is 0.0923. The second-order valence-electron chi connectivity index (χ2n) is 4.34. The summed E-state index contributed by atoms with van der Waals surface area (Å²) in [6.45, 7) is 0. The Labute approximate surface area is 120 Å². The van der Waals surface area contributed by atoms with Gasteiger partial charge in [-0.15, -0.1) is 11.3 Å². The van der Waals surface area contributed by atoms with Crippen LogP contribution in [-0.4, -0.2) is 13.1 Å². The van der Waals surface area contributed by atoms with Gasteiger partial charge in [-0.1, -0.05) is 17.7 Å². The molecule has 1 aromatic carbocycles. The topological polar surface area (TPSA) is 12.0 Å². The Morgan fingerprint density at radius 2 is 2.00 bits per heavy atom. The highest BCUT2D eigenvalue weighted by Gasteiger charge is 2.13. The zero-order valence-electron chi connectivity index (χ0n) is 10.4. The van der Waals surface area contributed by atoms with Crippen molar-refractivity contribution in [3.8, 4) is 0 Å². The molecule has 1 nitrogen and oxygen atoms in total. The Kier molecular flexibility index (Phi) is 4.91. The van der Waals surface area contributed by atoms with Crippen molar-refractivity contribution in [1.82, 2.24) is 5.32 Å². The summed E-state index contributed by atoms with van der Waals surface area (Å²) in [6, 6.07) is 7.62. The van der Waals surface area contributed by atoms with Crippen molar-refractivity contribution in [2.24, 2.45) is 0 Å². The van der Waals surface area contributed by atoms with Gasteiger partial charge in [0.2, 0.25) is 0 Å². The van der Waals surface area contributed by atoms with E-state index >= 15 is 0 Å². The zero-order valence-corrected chi connectivity index (χ0v) is 12.0. The van der Waals surface area contributed by atoms with E-state index in [-0.39, 0.29) is 6.04 Å². The summed E-state index contributed by atoms with van der Waals surface area (Å²) in [5.74, 6) is -1.04. The quantitative estimate of drug-likeness (QED) is 0.878. The summed E-state index contributed by atoms with van der Waals surface area (Å²) in [7, 11) is 1.83. The van der Waals surface area contributed by atoms with Crippen molar-refractivity contribution in [3.63, 3.8) is 0 Å². The van der Waals surface area contributed by atoms with Crippen molar-refractivity contribution in [1.29, 1.82) is 0 Å². The molecule has 0 saturated carbocycles. The van der Waals surface area contributed by atoms with Crippen LogP contribution in [0, 0.1) is 11.6 Å². The second-order valence-corrected chi connectivity index (χ2v) is 6.14. The van der Waals surface area contributed by atoms with Crippen LogP contribution < -0.4 is 5.32 Å². The lowest BCUT2D eigenvalue weighted by atomic mass is 10.0. The summed E-state index contributed by atoms with van der Waals surface area (Å²) in [5.41, 5.74) is 0.517. The zero-order chi connectivity index (χ0) is 13.8. The lowest BCUT2D eigenvalue weighted by Crippen LogP contribution is -2.30. The Bertz CT molecular complexity index is 556. The Hall–Kier alpha value is -0.970. The van der Waals surface area contributed by atoms with Gasteiger partial charge in [-0.25, -0.2) is 8.78 Å². The average Bonchev–Trinajstić information content (AvgIpc) is 2.77. The highest BCUT2D eigenvalue weighted by Crippen LogP contribution is 2.23. The van der Waals surface area contributed by atoms with E-state index in [1.54, 1.807) is 0 Å². The van der Waals surface area contributed by atoms with Crippen LogP contribution in [0.2, 0.25) is 4.34 Å². The van der Waals surface area contributed by atoms with Crippen LogP contribution in [0.5, 0.6) is 0 Å². The van der Waals surface area contributed by atoms with Gasteiger partial charge in [-0.05, 0) is 43.7 Å². The van der Waals surface area contributed by atoms with Gasteiger partial charge in [-0.3, -0.25) is 0 Å². The Morgan fingerprint density at radius 1 is 1.21 bits per heavy atom. The van der Waals surface area contributed by atoms with Gasteiger partial charge in [0, 0.05) is 17.0 Å². The van der Waals surface area contributed by atoms with Crippen LogP contribution in [-0.2, 0) is 12.8 Å². The fourth-order valence-corrected chi connectivity index (χ4v) is 3.10. The van der Waals surface area contributed by atoms with Gasteiger partial charge in [0.15, 0.2) is 0 Å². The molecule has 1 unspecified atom stereocenters. The standard InChI is InChI=1S/C14H14ClF2NS/c1-18-11(8-12-4-5-14(15)19-12)6-9-2-3-10(16)7-13(9)17/h2-5,7,11,18H,6,8H2,1H3. The molecule has 0 aliphatic carbocycles. The monoisotopic (exact) mass is 301 g/mol. The predicted molar refractivity (Wildman–Crippen MR) is 75.9 cm³/mol. The molecule has 0 amide bonds. The van der Waals surface area contributed by atoms with Crippen LogP contribution in [0.1, 0.15) is 10.4 Å². The largest absolute Gasteiger partial charge is 0.316 e. The molecule has 1 aromatic heterocycles. The SMILES string of the molecule is CNC(Cc1ccc(Cl)s1)Cc1ccc(F)cc1F. The van der Waals surface area contributed by atoms with Gasteiger partial charge in [0.05, 0.1) is 4.34 Å². The molecule has 0 aliphatic heterocycles. The summed E-state index contributed by atoms with van der Waals surface area (Å²) < 4.78 is 27.2. The Morgan fingerprint density at radius 3 is 2.58 bits per heavy atom. The van der Waals surface area contributed by atoms with Gasteiger partial charge in [0.25, 0.3) is 0 Å². The summed E-state index contributed by atoms with van der Waals surface area (Å²) >= 11 is 7.41. The van der Waals surface area contributed by atoms with Crippen molar-refractivity contribution < 1.29 is 8.78 Å². The number of likely N-dealkylation sites (N-methyl/N-ethyl adjacent to an activating group) is 1. The first-order valence-electron chi connectivity index (χ1n) is 5.94. The number of hydrogen-bond donors (Lipinski definition) is 1. The molecular weight excluding hydrogens is 288 g/mol. The normalized spacial score (nSPS) is 12.6. The van der Waals surface area contributed by atoms with E-state index in [1.165, 1.54) is 23.5 Å². The lowest BCUT2D eigenvalue weighted by Gasteiger charge is -2.15. The fourth-order valence-electron chi connectivity index (χ4n) is 1.93. The number of benzene rings is 1. The number of nitrogens with one attached hydrogen (secondary N) is 1. The van der Waals surface area contributed by atoms with E-state index in [9.17, 15) is 8.78 Å². The van der Waals surface area contributed by atoms with Crippen LogP contribution in [0.25, 0.3) is 0 Å². The molecule has 0 aliphatic rings. The number of halogens is 3. The minimum Gasteiger partial charge on any atom is -0.316 e. The molecule has 0 fully saturated rings. The molecule has 0 spiro atoms. The van der Waals surface area contributed by atoms with Crippen molar-refractivity contribution in [2.45, 2.75) is 18.9 Å². The van der Waals surface area contributed by atoms with E-state index in [0.717, 1.165) is 21.7 Å². The molecule has 102 valence electrons. The lowest BCUT2D eigenvalue weighted by molar-refractivity contribution is 0.526. The van der Waals surface area contributed by atoms with Crippen molar-refractivity contribution in [3.05, 3.63) is 56.7 Å². The molecule has 1 N–H and O–H groups in total. The van der Waals surface area contributed by atoms with Crippen LogP contribution in [0.3, 0.4) is 0 Å². The van der Waals surface area contributed by atoms with E-state index < -0.39 is 11.6 Å². The maximum absolute atomic E-state index is 13.6. The molecule has 1 atom stereocenters. The molecule has 0 radical (unpaired) electrons. The third-order valence-corrected chi connectivity index (χ3v) is 4.22. The molecule has 0 saturated heterocycles. The average molecular weight is 302 g/mol. The molecule has 19 heavy (non-hydrogen) atoms. The predicted octanol–water partition coefficient (Wildman–Crippen LogP) is 4.05. The summed E-state index contributed by atoms with van der Waals surface area (Å²) in [4.78, 5) is 1.15. The first-order valence-corrected chi connectivity index (χ1v) is 7.13. The summed E-state index contributed by atoms with van der Waals surface area (Å²) in [5, 5.41) is 3.15. The highest BCUT2D eigenvalue weighted by atomic mass is 35.5. The first-order chi connectivity index (χ1) is 9.08. The fraction of sp³-hybridized carbons (Fsp3) is 0.286. The number of hydrogen-bond acceptors (Lipinski definition) is 2. The van der Waals surface area contributed by atoms with Crippen LogP contribution in [0.15, 0.2) is 30.3 Å². The van der Waals surface area contributed by atoms with E-state index in [1.807, 2.05) is 19.2 Å². The minimum atomic E-state index is -0.549. The number of rotatable bonds is 5. The third-order valence-electron chi connectivity index (χ3n) is 2.97. The van der Waals surface area contributed by atoms with Gasteiger partial charge < -0.3 is 5.32 Å². The maximum atomic E-state index is 13.6. The second kappa shape index (κ2) is 6.46. The van der Waals surface area contributed by atoms with E-state index in [2.05, 4.69) is 5.32 Å². The molecule has 2 aromatic rings. The van der Waals surface area contributed by atoms with Gasteiger partial charge in [0.1, 0.15) is 11.6 Å². The number of thiophene rings is 1. The third kappa shape index (κ3) is 4.00. The molecule has 0 bridgehead atoms.